The summed E-state index contributed by atoms with van der Waals surface area (Å²) in [5, 5.41) is 0. The van der Waals surface area contributed by atoms with Gasteiger partial charge in [-0.2, -0.15) is 4.31 Å². The van der Waals surface area contributed by atoms with Crippen LogP contribution in [-0.2, 0) is 27.7 Å². The molecule has 2 heterocycles. The lowest BCUT2D eigenvalue weighted by atomic mass is 10.1. The number of hydrogen-bond acceptors (Lipinski definition) is 5. The summed E-state index contributed by atoms with van der Waals surface area (Å²) in [6.45, 7) is 3.47. The van der Waals surface area contributed by atoms with Crippen LogP contribution < -0.4 is 4.90 Å². The molecule has 0 radical (unpaired) electrons. The van der Waals surface area contributed by atoms with Crippen LogP contribution in [0.15, 0.2) is 53.4 Å². The van der Waals surface area contributed by atoms with Crippen LogP contribution in [0.2, 0.25) is 0 Å². The van der Waals surface area contributed by atoms with Gasteiger partial charge in [-0.05, 0) is 61.6 Å². The van der Waals surface area contributed by atoms with Gasteiger partial charge >= 0.3 is 6.03 Å². The molecule has 0 spiro atoms. The lowest BCUT2D eigenvalue weighted by Gasteiger charge is -2.35. The van der Waals surface area contributed by atoms with E-state index in [-0.39, 0.29) is 18.6 Å². The summed E-state index contributed by atoms with van der Waals surface area (Å²) in [6, 6.07) is 13.7. The second kappa shape index (κ2) is 8.55. The number of imide groups is 1. The Morgan fingerprint density at radius 2 is 1.61 bits per heavy atom. The molecule has 1 aliphatic carbocycles. The normalized spacial score (nSPS) is 22.3. The van der Waals surface area contributed by atoms with Crippen LogP contribution in [0, 0.1) is 0 Å². The molecule has 0 bridgehead atoms. The maximum absolute atomic E-state index is 13.2. The molecule has 0 saturated carbocycles. The second-order valence-electron chi connectivity index (χ2n) is 8.88. The molecule has 2 aromatic rings. The molecule has 5 rings (SSSR count). The summed E-state index contributed by atoms with van der Waals surface area (Å²) >= 11 is 0. The average molecular weight is 469 g/mol. The fourth-order valence-electron chi connectivity index (χ4n) is 4.95. The number of benzene rings is 2. The number of hydrogen-bond donors (Lipinski definition) is 0. The van der Waals surface area contributed by atoms with Crippen LogP contribution in [0.4, 0.5) is 10.5 Å². The van der Waals surface area contributed by atoms with Crippen molar-refractivity contribution in [2.24, 2.45) is 0 Å². The highest BCUT2D eigenvalue weighted by atomic mass is 32.2. The molecular weight excluding hydrogens is 440 g/mol. The van der Waals surface area contributed by atoms with Gasteiger partial charge in [0.25, 0.3) is 5.91 Å². The Hall–Kier alpha value is -2.75. The lowest BCUT2D eigenvalue weighted by molar-refractivity contribution is -0.128. The molecule has 8 nitrogen and oxygen atoms in total. The lowest BCUT2D eigenvalue weighted by Crippen LogP contribution is -2.52. The third-order valence-corrected chi connectivity index (χ3v) is 8.76. The van der Waals surface area contributed by atoms with Crippen LogP contribution in [0.5, 0.6) is 0 Å². The first-order valence-electron chi connectivity index (χ1n) is 11.4. The van der Waals surface area contributed by atoms with Gasteiger partial charge in [-0.25, -0.2) is 18.1 Å². The number of sulfonamides is 1. The highest BCUT2D eigenvalue weighted by molar-refractivity contribution is 7.89. The molecule has 33 heavy (non-hydrogen) atoms. The number of anilines is 1. The predicted molar refractivity (Wildman–Crippen MR) is 124 cm³/mol. The first kappa shape index (κ1) is 22.1. The molecule has 3 amide bonds. The standard InChI is InChI=1S/C24H28N4O4S/c1-18-23(29)27(24(30)28(18)21-8-3-2-4-9-21)17-25-12-14-26(15-13-25)33(31,32)22-11-10-19-6-5-7-20(19)16-22/h2-4,8-11,16,18H,5-7,12-15,17H2,1H3. The van der Waals surface area contributed by atoms with Crippen molar-refractivity contribution >= 4 is 27.6 Å². The predicted octanol–water partition coefficient (Wildman–Crippen LogP) is 2.30. The Morgan fingerprint density at radius 3 is 2.33 bits per heavy atom. The van der Waals surface area contributed by atoms with Gasteiger partial charge in [0.15, 0.2) is 0 Å². The zero-order valence-corrected chi connectivity index (χ0v) is 19.5. The van der Waals surface area contributed by atoms with Crippen LogP contribution in [0.1, 0.15) is 24.5 Å². The molecule has 1 atom stereocenters. The van der Waals surface area contributed by atoms with Gasteiger partial charge in [0.1, 0.15) is 6.04 Å². The minimum absolute atomic E-state index is 0.165. The highest BCUT2D eigenvalue weighted by Gasteiger charge is 2.44. The van der Waals surface area contributed by atoms with Crippen molar-refractivity contribution in [3.05, 3.63) is 59.7 Å². The third kappa shape index (κ3) is 3.94. The molecule has 0 N–H and O–H groups in total. The molecule has 174 valence electrons. The maximum Gasteiger partial charge on any atom is 0.333 e. The van der Waals surface area contributed by atoms with Gasteiger partial charge < -0.3 is 0 Å². The second-order valence-corrected chi connectivity index (χ2v) is 10.8. The number of nitrogens with zero attached hydrogens (tertiary/aromatic N) is 4. The van der Waals surface area contributed by atoms with Gasteiger partial charge in [-0.1, -0.05) is 24.3 Å². The number of carbonyl (C=O) groups excluding carboxylic acids is 2. The number of urea groups is 1. The fourth-order valence-corrected chi connectivity index (χ4v) is 6.42. The van der Waals surface area contributed by atoms with E-state index in [2.05, 4.69) is 0 Å². The third-order valence-electron chi connectivity index (χ3n) is 6.86. The fraction of sp³-hybridized carbons (Fsp3) is 0.417. The van der Waals surface area contributed by atoms with E-state index in [0.717, 1.165) is 24.8 Å². The zero-order chi connectivity index (χ0) is 23.2. The van der Waals surface area contributed by atoms with Gasteiger partial charge in [0.05, 0.1) is 11.6 Å². The topological polar surface area (TPSA) is 81.2 Å². The SMILES string of the molecule is CC1C(=O)N(CN2CCN(S(=O)(=O)c3ccc4c(c3)CCC4)CC2)C(=O)N1c1ccccc1. The molecular formula is C24H28N4O4S. The molecule has 2 fully saturated rings. The molecule has 2 aliphatic heterocycles. The number of para-hydroxylation sites is 1. The average Bonchev–Trinajstić information content (AvgIpc) is 3.38. The Morgan fingerprint density at radius 1 is 0.909 bits per heavy atom. The Kier molecular flexibility index (Phi) is 5.72. The van der Waals surface area contributed by atoms with Gasteiger partial charge in [-0.15, -0.1) is 0 Å². The van der Waals surface area contributed by atoms with E-state index in [1.165, 1.54) is 19.7 Å². The van der Waals surface area contributed by atoms with Crippen molar-refractivity contribution in [3.8, 4) is 0 Å². The molecule has 9 heteroatoms. The van der Waals surface area contributed by atoms with E-state index in [4.69, 9.17) is 0 Å². The Balaban J connectivity index is 1.23. The Bertz CT molecular complexity index is 1180. The van der Waals surface area contributed by atoms with Crippen LogP contribution in [0.25, 0.3) is 0 Å². The van der Waals surface area contributed by atoms with E-state index in [1.54, 1.807) is 13.0 Å². The smallest absolute Gasteiger partial charge is 0.283 e. The van der Waals surface area contributed by atoms with E-state index < -0.39 is 16.1 Å². The van der Waals surface area contributed by atoms with E-state index in [9.17, 15) is 18.0 Å². The highest BCUT2D eigenvalue weighted by Crippen LogP contribution is 2.28. The first-order valence-corrected chi connectivity index (χ1v) is 12.8. The number of carbonyl (C=O) groups is 2. The number of rotatable bonds is 5. The van der Waals surface area contributed by atoms with Crippen molar-refractivity contribution in [1.29, 1.82) is 0 Å². The quantitative estimate of drug-likeness (QED) is 0.629. The number of aryl methyl sites for hydroxylation is 2. The van der Waals surface area contributed by atoms with Gasteiger partial charge in [0.2, 0.25) is 10.0 Å². The van der Waals surface area contributed by atoms with Crippen molar-refractivity contribution in [2.75, 3.05) is 37.7 Å². The monoisotopic (exact) mass is 468 g/mol. The summed E-state index contributed by atoms with van der Waals surface area (Å²) in [5.74, 6) is -0.239. The molecule has 2 saturated heterocycles. The molecule has 0 aromatic heterocycles. The molecule has 1 unspecified atom stereocenters. The zero-order valence-electron chi connectivity index (χ0n) is 18.7. The minimum atomic E-state index is -3.56. The van der Waals surface area contributed by atoms with Crippen LogP contribution >= 0.6 is 0 Å². The minimum Gasteiger partial charge on any atom is -0.283 e. The largest absolute Gasteiger partial charge is 0.333 e. The number of amides is 3. The number of piperazine rings is 1. The van der Waals surface area contributed by atoms with E-state index >= 15 is 0 Å². The summed E-state index contributed by atoms with van der Waals surface area (Å²) in [5.41, 5.74) is 3.08. The van der Waals surface area contributed by atoms with Crippen molar-refractivity contribution < 1.29 is 18.0 Å². The van der Waals surface area contributed by atoms with Gasteiger partial charge in [0, 0.05) is 31.9 Å². The van der Waals surface area contributed by atoms with E-state index in [1.807, 2.05) is 47.4 Å². The first-order chi connectivity index (χ1) is 15.9. The Labute approximate surface area is 194 Å². The van der Waals surface area contributed by atoms with Crippen molar-refractivity contribution in [2.45, 2.75) is 37.1 Å². The van der Waals surface area contributed by atoms with Crippen molar-refractivity contribution in [1.82, 2.24) is 14.1 Å². The molecule has 2 aromatic carbocycles. The summed E-state index contributed by atoms with van der Waals surface area (Å²) < 4.78 is 27.8. The molecule has 3 aliphatic rings. The van der Waals surface area contributed by atoms with Gasteiger partial charge in [-0.3, -0.25) is 14.6 Å². The van der Waals surface area contributed by atoms with Crippen LogP contribution in [0.3, 0.4) is 0 Å². The number of fused-ring (bicyclic) bond motifs is 1. The maximum atomic E-state index is 13.2. The summed E-state index contributed by atoms with van der Waals surface area (Å²) in [6.07, 6.45) is 3.02. The van der Waals surface area contributed by atoms with Crippen molar-refractivity contribution in [3.63, 3.8) is 0 Å². The summed E-state index contributed by atoms with van der Waals surface area (Å²) in [7, 11) is -3.56. The van der Waals surface area contributed by atoms with E-state index in [0.29, 0.717) is 36.8 Å². The summed E-state index contributed by atoms with van der Waals surface area (Å²) in [4.78, 5) is 30.9. The van der Waals surface area contributed by atoms with Crippen LogP contribution in [-0.4, -0.2) is 73.4 Å².